The van der Waals surface area contributed by atoms with Gasteiger partial charge in [0.1, 0.15) is 0 Å². The van der Waals surface area contributed by atoms with Crippen molar-refractivity contribution in [3.05, 3.63) is 58.6 Å². The average Bonchev–Trinajstić information content (AvgIpc) is 2.46. The predicted molar refractivity (Wildman–Crippen MR) is 91.3 cm³/mol. The molecule has 0 aliphatic rings. The fourth-order valence-corrected chi connectivity index (χ4v) is 4.93. The minimum absolute atomic E-state index is 0.0686. The van der Waals surface area contributed by atoms with Crippen molar-refractivity contribution in [2.24, 2.45) is 5.73 Å². The van der Waals surface area contributed by atoms with E-state index in [2.05, 4.69) is 15.9 Å². The summed E-state index contributed by atoms with van der Waals surface area (Å²) in [6, 6.07) is 13.4. The molecular formula is C15H14BrNO3S2. The normalized spacial score (nSPS) is 12.8. The first-order valence-electron chi connectivity index (χ1n) is 6.33. The van der Waals surface area contributed by atoms with Gasteiger partial charge in [0.05, 0.1) is 4.90 Å². The lowest BCUT2D eigenvalue weighted by Crippen LogP contribution is -2.33. The third-order valence-electron chi connectivity index (χ3n) is 2.92. The van der Waals surface area contributed by atoms with Crippen LogP contribution in [0.3, 0.4) is 0 Å². The molecule has 0 bridgehead atoms. The van der Waals surface area contributed by atoms with Crippen molar-refractivity contribution in [1.29, 1.82) is 0 Å². The van der Waals surface area contributed by atoms with Crippen LogP contribution in [0.25, 0.3) is 0 Å². The number of sulfone groups is 1. The molecule has 1 unspecified atom stereocenters. The Labute approximate surface area is 142 Å². The van der Waals surface area contributed by atoms with Crippen LogP contribution in [0.2, 0.25) is 0 Å². The first-order valence-corrected chi connectivity index (χ1v) is 9.55. The van der Waals surface area contributed by atoms with Gasteiger partial charge in [-0.3, -0.25) is 4.79 Å². The van der Waals surface area contributed by atoms with Crippen molar-refractivity contribution in [1.82, 2.24) is 0 Å². The summed E-state index contributed by atoms with van der Waals surface area (Å²) in [7, 11) is -3.86. The Balaban J connectivity index is 2.36. The quantitative estimate of drug-likeness (QED) is 0.783. The van der Waals surface area contributed by atoms with Gasteiger partial charge in [-0.1, -0.05) is 45.4 Å². The summed E-state index contributed by atoms with van der Waals surface area (Å²) >= 11 is 4.18. The zero-order chi connectivity index (χ0) is 16.3. The molecule has 2 aromatic rings. The number of carbonyl (C=O) groups excluding carboxylic acids is 1. The third kappa shape index (κ3) is 3.91. The topological polar surface area (TPSA) is 77.2 Å². The maximum Gasteiger partial charge on any atom is 0.246 e. The fraction of sp³-hybridized carbons (Fsp3) is 0.133. The number of thioether (sulfide) groups is 1. The maximum absolute atomic E-state index is 12.6. The second-order valence-corrected chi connectivity index (χ2v) is 9.09. The molecule has 0 aromatic heterocycles. The summed E-state index contributed by atoms with van der Waals surface area (Å²) in [5.41, 5.74) is 6.37. The van der Waals surface area contributed by atoms with Gasteiger partial charge < -0.3 is 5.73 Å². The van der Waals surface area contributed by atoms with E-state index in [1.165, 1.54) is 12.1 Å². The monoisotopic (exact) mass is 399 g/mol. The van der Waals surface area contributed by atoms with Crippen molar-refractivity contribution >= 4 is 43.4 Å². The average molecular weight is 400 g/mol. The molecule has 4 nitrogen and oxygen atoms in total. The number of hydrogen-bond acceptors (Lipinski definition) is 4. The van der Waals surface area contributed by atoms with Gasteiger partial charge in [-0.15, -0.1) is 0 Å². The van der Waals surface area contributed by atoms with Crippen LogP contribution in [0.1, 0.15) is 5.56 Å². The Hall–Kier alpha value is -1.31. The number of benzene rings is 2. The van der Waals surface area contributed by atoms with Crippen LogP contribution in [0.15, 0.2) is 62.8 Å². The molecule has 0 aliphatic carbocycles. The summed E-state index contributed by atoms with van der Waals surface area (Å²) < 4.78 is 24.6. The molecule has 0 saturated heterocycles. The Morgan fingerprint density at radius 1 is 1.09 bits per heavy atom. The smallest absolute Gasteiger partial charge is 0.246 e. The Kier molecular flexibility index (Phi) is 5.31. The molecule has 0 spiro atoms. The van der Waals surface area contributed by atoms with E-state index in [-0.39, 0.29) is 4.90 Å². The van der Waals surface area contributed by atoms with E-state index in [9.17, 15) is 13.2 Å². The van der Waals surface area contributed by atoms with Crippen molar-refractivity contribution in [2.45, 2.75) is 21.3 Å². The van der Waals surface area contributed by atoms with Gasteiger partial charge in [0.15, 0.2) is 14.4 Å². The molecule has 2 aromatic carbocycles. The van der Waals surface area contributed by atoms with Gasteiger partial charge in [-0.25, -0.2) is 8.42 Å². The minimum Gasteiger partial charge on any atom is -0.368 e. The molecule has 0 fully saturated rings. The number of amides is 1. The Bertz CT molecular complexity index is 771. The van der Waals surface area contributed by atoms with Gasteiger partial charge in [0.25, 0.3) is 0 Å². The largest absolute Gasteiger partial charge is 0.368 e. The minimum atomic E-state index is -3.86. The summed E-state index contributed by atoms with van der Waals surface area (Å²) in [6.45, 7) is 1.93. The lowest BCUT2D eigenvalue weighted by Gasteiger charge is -2.14. The molecule has 1 amide bonds. The molecule has 2 rings (SSSR count). The Morgan fingerprint density at radius 3 is 2.14 bits per heavy atom. The number of rotatable bonds is 5. The van der Waals surface area contributed by atoms with Crippen molar-refractivity contribution < 1.29 is 13.2 Å². The highest BCUT2D eigenvalue weighted by Gasteiger charge is 2.33. The molecule has 2 N–H and O–H groups in total. The summed E-state index contributed by atoms with van der Waals surface area (Å²) in [5, 5.41) is 0. The van der Waals surface area contributed by atoms with Gasteiger partial charge in [-0.2, -0.15) is 0 Å². The third-order valence-corrected chi connectivity index (χ3v) is 7.21. The van der Waals surface area contributed by atoms with E-state index in [1.807, 2.05) is 19.1 Å². The van der Waals surface area contributed by atoms with Crippen LogP contribution < -0.4 is 5.73 Å². The van der Waals surface area contributed by atoms with Crippen LogP contribution >= 0.6 is 27.7 Å². The molecule has 116 valence electrons. The molecular weight excluding hydrogens is 386 g/mol. The van der Waals surface area contributed by atoms with E-state index in [0.717, 1.165) is 21.8 Å². The van der Waals surface area contributed by atoms with E-state index in [1.54, 1.807) is 24.3 Å². The van der Waals surface area contributed by atoms with Crippen LogP contribution in [0, 0.1) is 6.92 Å². The van der Waals surface area contributed by atoms with E-state index in [4.69, 9.17) is 5.73 Å². The SMILES string of the molecule is Cc1ccc(SC(C(N)=O)S(=O)(=O)c2ccc(Br)cc2)cc1. The molecule has 0 saturated carbocycles. The second-order valence-electron chi connectivity index (χ2n) is 4.66. The molecule has 22 heavy (non-hydrogen) atoms. The standard InChI is InChI=1S/C15H14BrNO3S2/c1-10-2-6-12(7-3-10)21-15(14(17)18)22(19,20)13-8-4-11(16)5-9-13/h2-9,15H,1H3,(H2,17,18). The lowest BCUT2D eigenvalue weighted by molar-refractivity contribution is -0.116. The molecule has 0 radical (unpaired) electrons. The van der Waals surface area contributed by atoms with Crippen LogP contribution in [0.4, 0.5) is 0 Å². The maximum atomic E-state index is 12.6. The van der Waals surface area contributed by atoms with Gasteiger partial charge in [0, 0.05) is 9.37 Å². The van der Waals surface area contributed by atoms with Gasteiger partial charge in [-0.05, 0) is 43.3 Å². The number of primary amides is 1. The highest BCUT2D eigenvalue weighted by atomic mass is 79.9. The van der Waals surface area contributed by atoms with Crippen molar-refractivity contribution in [3.63, 3.8) is 0 Å². The van der Waals surface area contributed by atoms with Gasteiger partial charge in [0.2, 0.25) is 5.91 Å². The summed E-state index contributed by atoms with van der Waals surface area (Å²) in [5.74, 6) is -0.881. The second kappa shape index (κ2) is 6.85. The number of aryl methyl sites for hydroxylation is 1. The van der Waals surface area contributed by atoms with Crippen molar-refractivity contribution in [2.75, 3.05) is 0 Å². The fourth-order valence-electron chi connectivity index (χ4n) is 1.76. The zero-order valence-electron chi connectivity index (χ0n) is 11.7. The van der Waals surface area contributed by atoms with Crippen LogP contribution in [-0.4, -0.2) is 18.9 Å². The summed E-state index contributed by atoms with van der Waals surface area (Å²) in [4.78, 5) is 12.4. The van der Waals surface area contributed by atoms with E-state index >= 15 is 0 Å². The number of hydrogen-bond donors (Lipinski definition) is 1. The van der Waals surface area contributed by atoms with E-state index < -0.39 is 20.3 Å². The number of nitrogens with two attached hydrogens (primary N) is 1. The van der Waals surface area contributed by atoms with Crippen LogP contribution in [-0.2, 0) is 14.6 Å². The molecule has 1 atom stereocenters. The highest BCUT2D eigenvalue weighted by Crippen LogP contribution is 2.31. The van der Waals surface area contributed by atoms with Crippen LogP contribution in [0.5, 0.6) is 0 Å². The zero-order valence-corrected chi connectivity index (χ0v) is 14.9. The Morgan fingerprint density at radius 2 is 1.64 bits per heavy atom. The molecule has 7 heteroatoms. The number of halogens is 1. The lowest BCUT2D eigenvalue weighted by atomic mass is 10.2. The summed E-state index contributed by atoms with van der Waals surface area (Å²) in [6.07, 6.45) is 0. The van der Waals surface area contributed by atoms with Crippen molar-refractivity contribution in [3.8, 4) is 0 Å². The predicted octanol–water partition coefficient (Wildman–Crippen LogP) is 3.13. The molecule has 0 heterocycles. The van der Waals surface area contributed by atoms with Gasteiger partial charge >= 0.3 is 0 Å². The number of carbonyl (C=O) groups is 1. The first kappa shape index (κ1) is 17.1. The molecule has 0 aliphatic heterocycles. The van der Waals surface area contributed by atoms with E-state index in [0.29, 0.717) is 4.90 Å². The first-order chi connectivity index (χ1) is 10.3. The highest BCUT2D eigenvalue weighted by molar-refractivity contribution is 9.10.